The number of hydrogen-bond donors (Lipinski definition) is 3. The SMILES string of the molecule is C=CCOc1cccc(NC(=O)NC(CCO)C(C)C)c1. The first-order valence-corrected chi connectivity index (χ1v) is 7.09. The number of benzene rings is 1. The molecule has 1 atom stereocenters. The van der Waals surface area contributed by atoms with Crippen molar-refractivity contribution in [2.24, 2.45) is 5.92 Å². The van der Waals surface area contributed by atoms with Gasteiger partial charge in [0, 0.05) is 24.4 Å². The number of nitrogens with one attached hydrogen (secondary N) is 2. The van der Waals surface area contributed by atoms with Crippen molar-refractivity contribution in [3.63, 3.8) is 0 Å². The molecule has 0 heterocycles. The maximum absolute atomic E-state index is 12.0. The quantitative estimate of drug-likeness (QED) is 0.645. The molecule has 0 spiro atoms. The summed E-state index contributed by atoms with van der Waals surface area (Å²) in [5.41, 5.74) is 0.653. The van der Waals surface area contributed by atoms with Gasteiger partial charge in [-0.2, -0.15) is 0 Å². The van der Waals surface area contributed by atoms with E-state index in [1.165, 1.54) is 0 Å². The first-order valence-electron chi connectivity index (χ1n) is 7.09. The van der Waals surface area contributed by atoms with Gasteiger partial charge in [-0.1, -0.05) is 32.6 Å². The van der Waals surface area contributed by atoms with Crippen molar-refractivity contribution in [2.75, 3.05) is 18.5 Å². The van der Waals surface area contributed by atoms with Gasteiger partial charge in [0.2, 0.25) is 0 Å². The van der Waals surface area contributed by atoms with Crippen LogP contribution in [0.3, 0.4) is 0 Å². The van der Waals surface area contributed by atoms with Crippen LogP contribution in [0.5, 0.6) is 5.75 Å². The third kappa shape index (κ3) is 6.31. The van der Waals surface area contributed by atoms with Gasteiger partial charge in [0.1, 0.15) is 12.4 Å². The van der Waals surface area contributed by atoms with E-state index >= 15 is 0 Å². The molecule has 3 N–H and O–H groups in total. The molecule has 0 bridgehead atoms. The summed E-state index contributed by atoms with van der Waals surface area (Å²) in [6.07, 6.45) is 2.20. The van der Waals surface area contributed by atoms with Crippen molar-refractivity contribution in [1.82, 2.24) is 5.32 Å². The maximum Gasteiger partial charge on any atom is 0.319 e. The molecule has 1 unspecified atom stereocenters. The number of amides is 2. The summed E-state index contributed by atoms with van der Waals surface area (Å²) in [6, 6.07) is 6.81. The smallest absolute Gasteiger partial charge is 0.319 e. The molecule has 0 aliphatic heterocycles. The van der Waals surface area contributed by atoms with Gasteiger partial charge in [0.15, 0.2) is 0 Å². The summed E-state index contributed by atoms with van der Waals surface area (Å²) in [7, 11) is 0. The Morgan fingerprint density at radius 2 is 2.24 bits per heavy atom. The Morgan fingerprint density at radius 3 is 2.86 bits per heavy atom. The summed E-state index contributed by atoms with van der Waals surface area (Å²) in [5.74, 6) is 0.925. The number of aliphatic hydroxyl groups excluding tert-OH is 1. The van der Waals surface area contributed by atoms with Crippen LogP contribution in [0.4, 0.5) is 10.5 Å². The molecule has 5 nitrogen and oxygen atoms in total. The highest BCUT2D eigenvalue weighted by molar-refractivity contribution is 5.89. The van der Waals surface area contributed by atoms with Gasteiger partial charge in [-0.25, -0.2) is 4.79 Å². The zero-order chi connectivity index (χ0) is 15.7. The Hall–Kier alpha value is -2.01. The summed E-state index contributed by atoms with van der Waals surface area (Å²) in [4.78, 5) is 12.0. The lowest BCUT2D eigenvalue weighted by atomic mass is 10.0. The van der Waals surface area contributed by atoms with E-state index in [2.05, 4.69) is 17.2 Å². The van der Waals surface area contributed by atoms with Crippen LogP contribution in [-0.2, 0) is 0 Å². The van der Waals surface area contributed by atoms with Crippen LogP contribution >= 0.6 is 0 Å². The highest BCUT2D eigenvalue weighted by Gasteiger charge is 2.15. The Balaban J connectivity index is 2.59. The minimum absolute atomic E-state index is 0.0496. The number of urea groups is 1. The molecule has 2 amide bonds. The third-order valence-electron chi connectivity index (χ3n) is 3.02. The van der Waals surface area contributed by atoms with Crippen LogP contribution in [0.1, 0.15) is 20.3 Å². The van der Waals surface area contributed by atoms with Crippen LogP contribution in [0.15, 0.2) is 36.9 Å². The number of ether oxygens (including phenoxy) is 1. The number of anilines is 1. The lowest BCUT2D eigenvalue weighted by molar-refractivity contribution is 0.227. The number of aliphatic hydroxyl groups is 1. The standard InChI is InChI=1S/C16H24N2O3/c1-4-10-21-14-7-5-6-13(11-14)17-16(20)18-15(8-9-19)12(2)3/h4-7,11-12,15,19H,1,8-10H2,2-3H3,(H2,17,18,20). The summed E-state index contributed by atoms with van der Waals surface area (Å²) >= 11 is 0. The van der Waals surface area contributed by atoms with Crippen LogP contribution in [-0.4, -0.2) is 30.4 Å². The second-order valence-corrected chi connectivity index (χ2v) is 5.09. The van der Waals surface area contributed by atoms with E-state index < -0.39 is 0 Å². The molecule has 0 saturated carbocycles. The predicted molar refractivity (Wildman–Crippen MR) is 84.6 cm³/mol. The summed E-state index contributed by atoms with van der Waals surface area (Å²) in [6.45, 7) is 8.06. The fraction of sp³-hybridized carbons (Fsp3) is 0.438. The van der Waals surface area contributed by atoms with E-state index in [9.17, 15) is 4.79 Å². The zero-order valence-electron chi connectivity index (χ0n) is 12.6. The molecular weight excluding hydrogens is 268 g/mol. The van der Waals surface area contributed by atoms with Crippen molar-refractivity contribution in [3.05, 3.63) is 36.9 Å². The van der Waals surface area contributed by atoms with Gasteiger partial charge in [-0.3, -0.25) is 0 Å². The Labute approximate surface area is 126 Å². The number of rotatable bonds is 8. The molecule has 0 aromatic heterocycles. The average molecular weight is 292 g/mol. The van der Waals surface area contributed by atoms with Crippen molar-refractivity contribution in [2.45, 2.75) is 26.3 Å². The molecule has 0 aliphatic carbocycles. The van der Waals surface area contributed by atoms with E-state index in [0.717, 1.165) is 0 Å². The second kappa shape index (κ2) is 9.02. The maximum atomic E-state index is 12.0. The lowest BCUT2D eigenvalue weighted by Crippen LogP contribution is -2.41. The molecular formula is C16H24N2O3. The largest absolute Gasteiger partial charge is 0.489 e. The highest BCUT2D eigenvalue weighted by atomic mass is 16.5. The second-order valence-electron chi connectivity index (χ2n) is 5.09. The normalized spacial score (nSPS) is 11.8. The van der Waals surface area contributed by atoms with Crippen LogP contribution in [0.2, 0.25) is 0 Å². The highest BCUT2D eigenvalue weighted by Crippen LogP contribution is 2.17. The van der Waals surface area contributed by atoms with Gasteiger partial charge in [-0.15, -0.1) is 0 Å². The molecule has 0 fully saturated rings. The van der Waals surface area contributed by atoms with Crippen molar-refractivity contribution >= 4 is 11.7 Å². The van der Waals surface area contributed by atoms with E-state index in [1.54, 1.807) is 18.2 Å². The number of carbonyl (C=O) groups is 1. The van der Waals surface area contributed by atoms with E-state index in [1.807, 2.05) is 26.0 Å². The van der Waals surface area contributed by atoms with Gasteiger partial charge in [0.25, 0.3) is 0 Å². The minimum Gasteiger partial charge on any atom is -0.489 e. The lowest BCUT2D eigenvalue weighted by Gasteiger charge is -2.21. The van der Waals surface area contributed by atoms with Crippen molar-refractivity contribution in [1.29, 1.82) is 0 Å². The molecule has 0 aliphatic rings. The molecule has 1 rings (SSSR count). The zero-order valence-corrected chi connectivity index (χ0v) is 12.6. The van der Waals surface area contributed by atoms with Gasteiger partial charge in [-0.05, 0) is 24.5 Å². The topological polar surface area (TPSA) is 70.6 Å². The van der Waals surface area contributed by atoms with Gasteiger partial charge < -0.3 is 20.5 Å². The molecule has 5 heteroatoms. The van der Waals surface area contributed by atoms with Crippen molar-refractivity contribution < 1.29 is 14.6 Å². The first-order chi connectivity index (χ1) is 10.1. The molecule has 116 valence electrons. The van der Waals surface area contributed by atoms with Crippen LogP contribution < -0.4 is 15.4 Å². The monoisotopic (exact) mass is 292 g/mol. The fourth-order valence-corrected chi connectivity index (χ4v) is 1.87. The average Bonchev–Trinajstić information content (AvgIpc) is 2.45. The van der Waals surface area contributed by atoms with E-state index in [0.29, 0.717) is 24.5 Å². The van der Waals surface area contributed by atoms with Gasteiger partial charge >= 0.3 is 6.03 Å². The predicted octanol–water partition coefficient (Wildman–Crippen LogP) is 2.78. The molecule has 21 heavy (non-hydrogen) atoms. The van der Waals surface area contributed by atoms with Crippen LogP contribution in [0, 0.1) is 5.92 Å². The fourth-order valence-electron chi connectivity index (χ4n) is 1.87. The number of hydrogen-bond acceptors (Lipinski definition) is 3. The van der Waals surface area contributed by atoms with Gasteiger partial charge in [0.05, 0.1) is 0 Å². The van der Waals surface area contributed by atoms with Crippen LogP contribution in [0.25, 0.3) is 0 Å². The Bertz CT molecular complexity index is 461. The summed E-state index contributed by atoms with van der Waals surface area (Å²) in [5, 5.41) is 14.6. The Kier molecular flexibility index (Phi) is 7.32. The first kappa shape index (κ1) is 17.0. The van der Waals surface area contributed by atoms with Crippen molar-refractivity contribution in [3.8, 4) is 5.75 Å². The van der Waals surface area contributed by atoms with E-state index in [4.69, 9.17) is 9.84 Å². The minimum atomic E-state index is -0.289. The van der Waals surface area contributed by atoms with E-state index in [-0.39, 0.29) is 24.6 Å². The number of carbonyl (C=O) groups excluding carboxylic acids is 1. The molecule has 1 aromatic rings. The summed E-state index contributed by atoms with van der Waals surface area (Å²) < 4.78 is 5.41. The Morgan fingerprint density at radius 1 is 1.48 bits per heavy atom. The molecule has 1 aromatic carbocycles. The third-order valence-corrected chi connectivity index (χ3v) is 3.02. The molecule has 0 radical (unpaired) electrons. The molecule has 0 saturated heterocycles.